The van der Waals surface area contributed by atoms with Crippen LogP contribution in [0.15, 0.2) is 42.6 Å². The smallest absolute Gasteiger partial charge is 0.224 e. The summed E-state index contributed by atoms with van der Waals surface area (Å²) in [5.74, 6) is 0.438. The number of carbonyl (C=O) groups excluding carboxylic acids is 1. The fraction of sp³-hybridized carbons (Fsp3) is 0.400. The van der Waals surface area contributed by atoms with Gasteiger partial charge in [-0.25, -0.2) is 9.37 Å². The Kier molecular flexibility index (Phi) is 5.83. The van der Waals surface area contributed by atoms with E-state index in [1.165, 1.54) is 6.07 Å². The molecule has 2 heterocycles. The van der Waals surface area contributed by atoms with E-state index in [9.17, 15) is 9.18 Å². The molecule has 5 nitrogen and oxygen atoms in total. The molecule has 1 amide bonds. The first kappa shape index (κ1) is 18.3. The zero-order chi connectivity index (χ0) is 18.5. The van der Waals surface area contributed by atoms with E-state index in [4.69, 9.17) is 4.74 Å². The van der Waals surface area contributed by atoms with Gasteiger partial charge in [-0.1, -0.05) is 18.2 Å². The average Bonchev–Trinajstić information content (AvgIpc) is 2.61. The van der Waals surface area contributed by atoms with Crippen molar-refractivity contribution in [2.75, 3.05) is 23.3 Å². The first-order valence-electron chi connectivity index (χ1n) is 8.91. The minimum absolute atomic E-state index is 0.156. The first-order valence-corrected chi connectivity index (χ1v) is 8.91. The van der Waals surface area contributed by atoms with Gasteiger partial charge < -0.3 is 15.0 Å². The molecule has 2 unspecified atom stereocenters. The lowest BCUT2D eigenvalue weighted by molar-refractivity contribution is -0.116. The van der Waals surface area contributed by atoms with Crippen molar-refractivity contribution < 1.29 is 13.9 Å². The van der Waals surface area contributed by atoms with Crippen molar-refractivity contribution in [2.45, 2.75) is 38.9 Å². The Hall–Kier alpha value is -2.47. The van der Waals surface area contributed by atoms with Crippen LogP contribution in [-0.2, 0) is 16.0 Å². The lowest BCUT2D eigenvalue weighted by Crippen LogP contribution is -2.45. The average molecular weight is 357 g/mol. The second kappa shape index (κ2) is 8.27. The standard InChI is InChI=1S/C20H24FN3O2/c1-14-12-24(13-15(2)26-14)19-9-8-17(11-22-19)23-20(25)10-7-16-5-3-4-6-18(16)21/h3-6,8-9,11,14-15H,7,10,12-13H2,1-2H3,(H,23,25). The third-order valence-electron chi connectivity index (χ3n) is 4.35. The number of amides is 1. The van der Waals surface area contributed by atoms with Gasteiger partial charge in [0.1, 0.15) is 11.6 Å². The molecule has 6 heteroatoms. The number of aromatic nitrogens is 1. The first-order chi connectivity index (χ1) is 12.5. The number of hydrogen-bond acceptors (Lipinski definition) is 4. The lowest BCUT2D eigenvalue weighted by atomic mass is 10.1. The number of rotatable bonds is 5. The predicted molar refractivity (Wildman–Crippen MR) is 99.8 cm³/mol. The van der Waals surface area contributed by atoms with E-state index >= 15 is 0 Å². The molecule has 1 aromatic heterocycles. The van der Waals surface area contributed by atoms with Crippen molar-refractivity contribution in [1.82, 2.24) is 4.98 Å². The highest BCUT2D eigenvalue weighted by molar-refractivity contribution is 5.90. The van der Waals surface area contributed by atoms with E-state index in [0.29, 0.717) is 17.7 Å². The molecule has 0 radical (unpaired) electrons. The number of carbonyl (C=O) groups is 1. The van der Waals surface area contributed by atoms with Crippen LogP contribution in [0.4, 0.5) is 15.9 Å². The Balaban J connectivity index is 1.54. The number of nitrogens with zero attached hydrogens (tertiary/aromatic N) is 2. The van der Waals surface area contributed by atoms with Gasteiger partial charge in [-0.3, -0.25) is 4.79 Å². The molecule has 1 aliphatic rings. The maximum Gasteiger partial charge on any atom is 0.224 e. The summed E-state index contributed by atoms with van der Waals surface area (Å²) in [6.45, 7) is 5.69. The monoisotopic (exact) mass is 357 g/mol. The summed E-state index contributed by atoms with van der Waals surface area (Å²) in [6, 6.07) is 10.3. The summed E-state index contributed by atoms with van der Waals surface area (Å²) in [5.41, 5.74) is 1.19. The SMILES string of the molecule is CC1CN(c2ccc(NC(=O)CCc3ccccc3F)cn2)CC(C)O1. The number of aryl methyl sites for hydroxylation is 1. The van der Waals surface area contributed by atoms with Crippen LogP contribution in [0.25, 0.3) is 0 Å². The minimum Gasteiger partial charge on any atom is -0.372 e. The second-order valence-corrected chi connectivity index (χ2v) is 6.71. The summed E-state index contributed by atoms with van der Waals surface area (Å²) in [4.78, 5) is 18.7. The quantitative estimate of drug-likeness (QED) is 0.891. The van der Waals surface area contributed by atoms with Crippen LogP contribution in [0.1, 0.15) is 25.8 Å². The van der Waals surface area contributed by atoms with Crippen molar-refractivity contribution >= 4 is 17.4 Å². The van der Waals surface area contributed by atoms with Crippen LogP contribution in [0.3, 0.4) is 0 Å². The number of hydrogen-bond donors (Lipinski definition) is 1. The summed E-state index contributed by atoms with van der Waals surface area (Å²) in [7, 11) is 0. The molecular formula is C20H24FN3O2. The highest BCUT2D eigenvalue weighted by Gasteiger charge is 2.23. The lowest BCUT2D eigenvalue weighted by Gasteiger charge is -2.36. The molecule has 0 spiro atoms. The highest BCUT2D eigenvalue weighted by Crippen LogP contribution is 2.20. The van der Waals surface area contributed by atoms with Crippen LogP contribution in [0.2, 0.25) is 0 Å². The molecule has 1 saturated heterocycles. The maximum absolute atomic E-state index is 13.6. The number of anilines is 2. The highest BCUT2D eigenvalue weighted by atomic mass is 19.1. The zero-order valence-electron chi connectivity index (χ0n) is 15.1. The van der Waals surface area contributed by atoms with Crippen molar-refractivity contribution in [2.24, 2.45) is 0 Å². The number of benzene rings is 1. The number of halogens is 1. The van der Waals surface area contributed by atoms with E-state index in [1.54, 1.807) is 24.4 Å². The van der Waals surface area contributed by atoms with E-state index < -0.39 is 0 Å². The minimum atomic E-state index is -0.278. The largest absolute Gasteiger partial charge is 0.372 e. The molecule has 1 fully saturated rings. The summed E-state index contributed by atoms with van der Waals surface area (Å²) in [5, 5.41) is 2.81. The van der Waals surface area contributed by atoms with Gasteiger partial charge in [0.2, 0.25) is 5.91 Å². The molecule has 0 saturated carbocycles. The Bertz CT molecular complexity index is 741. The van der Waals surface area contributed by atoms with Gasteiger partial charge in [0, 0.05) is 19.5 Å². The van der Waals surface area contributed by atoms with Gasteiger partial charge in [0.15, 0.2) is 0 Å². The molecule has 2 atom stereocenters. The Morgan fingerprint density at radius 2 is 1.96 bits per heavy atom. The van der Waals surface area contributed by atoms with Crippen LogP contribution in [0.5, 0.6) is 0 Å². The van der Waals surface area contributed by atoms with Gasteiger partial charge in [0.05, 0.1) is 24.1 Å². The van der Waals surface area contributed by atoms with Crippen LogP contribution in [0, 0.1) is 5.82 Å². The van der Waals surface area contributed by atoms with E-state index in [-0.39, 0.29) is 30.4 Å². The normalized spacial score (nSPS) is 20.0. The Morgan fingerprint density at radius 1 is 1.23 bits per heavy atom. The third-order valence-corrected chi connectivity index (χ3v) is 4.35. The molecule has 2 aromatic rings. The van der Waals surface area contributed by atoms with Gasteiger partial charge >= 0.3 is 0 Å². The Labute approximate surface area is 153 Å². The van der Waals surface area contributed by atoms with Gasteiger partial charge in [0.25, 0.3) is 0 Å². The molecule has 1 N–H and O–H groups in total. The molecule has 26 heavy (non-hydrogen) atoms. The number of nitrogens with one attached hydrogen (secondary N) is 1. The molecular weight excluding hydrogens is 333 g/mol. The molecule has 0 aliphatic carbocycles. The maximum atomic E-state index is 13.6. The van der Waals surface area contributed by atoms with E-state index in [0.717, 1.165) is 18.9 Å². The van der Waals surface area contributed by atoms with Gasteiger partial charge in [-0.05, 0) is 44.0 Å². The molecule has 3 rings (SSSR count). The summed E-state index contributed by atoms with van der Waals surface area (Å²) < 4.78 is 19.3. The van der Waals surface area contributed by atoms with Crippen molar-refractivity contribution in [1.29, 1.82) is 0 Å². The molecule has 1 aliphatic heterocycles. The fourth-order valence-corrected chi connectivity index (χ4v) is 3.18. The second-order valence-electron chi connectivity index (χ2n) is 6.71. The van der Waals surface area contributed by atoms with Crippen molar-refractivity contribution in [3.05, 3.63) is 54.0 Å². The van der Waals surface area contributed by atoms with Crippen molar-refractivity contribution in [3.63, 3.8) is 0 Å². The predicted octanol–water partition coefficient (Wildman–Crippen LogP) is 3.41. The number of pyridine rings is 1. The zero-order valence-corrected chi connectivity index (χ0v) is 15.1. The van der Waals surface area contributed by atoms with E-state index in [2.05, 4.69) is 15.2 Å². The molecule has 138 valence electrons. The Morgan fingerprint density at radius 3 is 2.62 bits per heavy atom. The van der Waals surface area contributed by atoms with Crippen molar-refractivity contribution in [3.8, 4) is 0 Å². The van der Waals surface area contributed by atoms with E-state index in [1.807, 2.05) is 26.0 Å². The summed E-state index contributed by atoms with van der Waals surface area (Å²) >= 11 is 0. The van der Waals surface area contributed by atoms with Crippen LogP contribution >= 0.6 is 0 Å². The van der Waals surface area contributed by atoms with Gasteiger partial charge in [-0.15, -0.1) is 0 Å². The molecule has 1 aromatic carbocycles. The van der Waals surface area contributed by atoms with Crippen LogP contribution < -0.4 is 10.2 Å². The fourth-order valence-electron chi connectivity index (χ4n) is 3.18. The topological polar surface area (TPSA) is 54.5 Å². The number of ether oxygens (including phenoxy) is 1. The molecule has 0 bridgehead atoms. The number of morpholine rings is 1. The van der Waals surface area contributed by atoms with Crippen LogP contribution in [-0.4, -0.2) is 36.2 Å². The van der Waals surface area contributed by atoms with Gasteiger partial charge in [-0.2, -0.15) is 0 Å². The third kappa shape index (κ3) is 4.79. The summed E-state index contributed by atoms with van der Waals surface area (Å²) in [6.07, 6.45) is 2.58.